The first-order valence-electron chi connectivity index (χ1n) is 6.22. The maximum absolute atomic E-state index is 13.3. The van der Waals surface area contributed by atoms with Crippen LogP contribution in [0.15, 0.2) is 23.1 Å². The van der Waals surface area contributed by atoms with Crippen LogP contribution in [-0.4, -0.2) is 42.0 Å². The van der Waals surface area contributed by atoms with Gasteiger partial charge in [-0.05, 0) is 23.9 Å². The third-order valence-corrected chi connectivity index (χ3v) is 3.67. The Morgan fingerprint density at radius 3 is 2.23 bits per heavy atom. The first kappa shape index (κ1) is 21.8. The van der Waals surface area contributed by atoms with Crippen LogP contribution in [0.1, 0.15) is 0 Å². The first-order chi connectivity index (χ1) is 11.7. The summed E-state index contributed by atoms with van der Waals surface area (Å²) in [5.41, 5.74) is -1.02. The molecule has 0 spiro atoms. The zero-order valence-corrected chi connectivity index (χ0v) is 13.3. The summed E-state index contributed by atoms with van der Waals surface area (Å²) in [4.78, 5) is 19.7. The second-order valence-electron chi connectivity index (χ2n) is 4.44. The van der Waals surface area contributed by atoms with E-state index in [0.29, 0.717) is 18.2 Å². The number of carbonyl (C=O) groups is 1. The van der Waals surface area contributed by atoms with Crippen LogP contribution >= 0.6 is 11.8 Å². The number of hydrogen-bond acceptors (Lipinski definition) is 6. The number of hydrogen-bond donors (Lipinski definition) is 0. The van der Waals surface area contributed by atoms with Crippen molar-refractivity contribution in [2.24, 2.45) is 0 Å². The summed E-state index contributed by atoms with van der Waals surface area (Å²) in [6.45, 7) is -0.786. The Bertz CT molecular complexity index is 695. The van der Waals surface area contributed by atoms with Crippen LogP contribution in [0.5, 0.6) is 5.75 Å². The number of halogens is 7. The van der Waals surface area contributed by atoms with E-state index in [1.54, 1.807) is 0 Å². The molecule has 0 N–H and O–H groups in total. The standard InChI is InChI=1S/C12H8F7NO5S/c1-24-9(21)5-25-8-3-2-6(4-7(8)20(22)23)26-12(18,19)10(13,14)11(15,16)17/h2-4H,5H2,1H3. The average Bonchev–Trinajstić information content (AvgIpc) is 2.51. The molecule has 1 rings (SSSR count). The molecule has 0 aliphatic heterocycles. The largest absolute Gasteiger partial charge is 0.475 e. The smallest absolute Gasteiger partial charge is 0.460 e. The van der Waals surface area contributed by atoms with Gasteiger partial charge >= 0.3 is 29.0 Å². The molecule has 1 aromatic carbocycles. The molecule has 0 amide bonds. The number of carbonyl (C=O) groups excluding carboxylic acids is 1. The zero-order chi connectivity index (χ0) is 20.3. The van der Waals surface area contributed by atoms with Crippen LogP contribution in [0.3, 0.4) is 0 Å². The summed E-state index contributed by atoms with van der Waals surface area (Å²) >= 11 is -1.21. The van der Waals surface area contributed by atoms with E-state index in [4.69, 9.17) is 4.74 Å². The molecule has 0 aliphatic carbocycles. The fraction of sp³-hybridized carbons (Fsp3) is 0.417. The Morgan fingerprint density at radius 1 is 1.19 bits per heavy atom. The minimum Gasteiger partial charge on any atom is -0.475 e. The number of benzene rings is 1. The fourth-order valence-corrected chi connectivity index (χ4v) is 2.24. The molecule has 0 heterocycles. The fourth-order valence-electron chi connectivity index (χ4n) is 1.40. The Labute approximate surface area is 144 Å². The maximum Gasteiger partial charge on any atom is 0.460 e. The molecule has 0 saturated heterocycles. The lowest BCUT2D eigenvalue weighted by Gasteiger charge is -2.27. The van der Waals surface area contributed by atoms with Gasteiger partial charge < -0.3 is 9.47 Å². The molecule has 0 aliphatic rings. The molecule has 0 fully saturated rings. The molecule has 0 bridgehead atoms. The minimum absolute atomic E-state index is 0.317. The molecule has 26 heavy (non-hydrogen) atoms. The second-order valence-corrected chi connectivity index (χ2v) is 5.63. The SMILES string of the molecule is COC(=O)COc1ccc(SC(F)(F)C(F)(F)C(F)(F)F)cc1[N+](=O)[O-]. The number of ether oxygens (including phenoxy) is 2. The van der Waals surface area contributed by atoms with Crippen LogP contribution < -0.4 is 4.74 Å². The Hall–Kier alpha value is -2.25. The summed E-state index contributed by atoms with van der Waals surface area (Å²) in [6, 6.07) is 1.59. The van der Waals surface area contributed by atoms with Crippen molar-refractivity contribution in [3.8, 4) is 5.75 Å². The van der Waals surface area contributed by atoms with Gasteiger partial charge in [-0.15, -0.1) is 0 Å². The van der Waals surface area contributed by atoms with Crippen molar-refractivity contribution in [2.75, 3.05) is 13.7 Å². The highest BCUT2D eigenvalue weighted by Crippen LogP contribution is 2.54. The number of methoxy groups -OCH3 is 1. The molecule has 0 atom stereocenters. The second kappa shape index (κ2) is 7.55. The van der Waals surface area contributed by atoms with Gasteiger partial charge in [-0.25, -0.2) is 4.79 Å². The van der Waals surface area contributed by atoms with Crippen LogP contribution in [0.4, 0.5) is 36.4 Å². The van der Waals surface area contributed by atoms with E-state index in [1.807, 2.05) is 0 Å². The van der Waals surface area contributed by atoms with Crippen LogP contribution in [0, 0.1) is 10.1 Å². The summed E-state index contributed by atoms with van der Waals surface area (Å²) in [5.74, 6) is -7.91. The zero-order valence-electron chi connectivity index (χ0n) is 12.5. The van der Waals surface area contributed by atoms with E-state index in [0.717, 1.165) is 7.11 Å². The number of nitrogens with zero attached hydrogens (tertiary/aromatic N) is 1. The van der Waals surface area contributed by atoms with E-state index in [-0.39, 0.29) is 0 Å². The molecule has 146 valence electrons. The Kier molecular flexibility index (Phi) is 6.33. The quantitative estimate of drug-likeness (QED) is 0.222. The van der Waals surface area contributed by atoms with Crippen LogP contribution in [0.25, 0.3) is 0 Å². The van der Waals surface area contributed by atoms with Crippen molar-refractivity contribution in [1.82, 2.24) is 0 Å². The van der Waals surface area contributed by atoms with Gasteiger partial charge in [-0.2, -0.15) is 30.7 Å². The van der Waals surface area contributed by atoms with Gasteiger partial charge in [-0.3, -0.25) is 10.1 Å². The number of rotatable bonds is 7. The van der Waals surface area contributed by atoms with Gasteiger partial charge in [0.25, 0.3) is 0 Å². The van der Waals surface area contributed by atoms with Crippen LogP contribution in [0.2, 0.25) is 0 Å². The topological polar surface area (TPSA) is 78.7 Å². The molecule has 14 heteroatoms. The molecule has 0 radical (unpaired) electrons. The summed E-state index contributed by atoms with van der Waals surface area (Å²) in [6.07, 6.45) is -6.53. The number of esters is 1. The third kappa shape index (κ3) is 4.68. The summed E-state index contributed by atoms with van der Waals surface area (Å²) in [5, 5.41) is 5.26. The summed E-state index contributed by atoms with van der Waals surface area (Å²) in [7, 11) is 0.989. The summed E-state index contributed by atoms with van der Waals surface area (Å²) < 4.78 is 97.7. The lowest BCUT2D eigenvalue weighted by Crippen LogP contribution is -2.49. The predicted octanol–water partition coefficient (Wildman–Crippen LogP) is 4.03. The Balaban J connectivity index is 3.14. The van der Waals surface area contributed by atoms with E-state index in [1.165, 1.54) is 0 Å². The van der Waals surface area contributed by atoms with Crippen molar-refractivity contribution in [3.05, 3.63) is 28.3 Å². The van der Waals surface area contributed by atoms with Crippen molar-refractivity contribution in [1.29, 1.82) is 0 Å². The van der Waals surface area contributed by atoms with E-state index < -0.39 is 62.9 Å². The van der Waals surface area contributed by atoms with Crippen molar-refractivity contribution in [3.63, 3.8) is 0 Å². The number of thioether (sulfide) groups is 1. The van der Waals surface area contributed by atoms with Gasteiger partial charge in [0.15, 0.2) is 12.4 Å². The van der Waals surface area contributed by atoms with Crippen molar-refractivity contribution >= 4 is 23.4 Å². The highest BCUT2D eigenvalue weighted by atomic mass is 32.2. The number of alkyl halides is 7. The lowest BCUT2D eigenvalue weighted by molar-refractivity contribution is -0.386. The lowest BCUT2D eigenvalue weighted by atomic mass is 10.3. The molecule has 6 nitrogen and oxygen atoms in total. The van der Waals surface area contributed by atoms with Crippen molar-refractivity contribution in [2.45, 2.75) is 22.2 Å². The number of nitro benzene ring substituents is 1. The maximum atomic E-state index is 13.3. The monoisotopic (exact) mass is 411 g/mol. The Morgan fingerprint density at radius 2 is 1.77 bits per heavy atom. The van der Waals surface area contributed by atoms with Crippen molar-refractivity contribution < 1.29 is 49.9 Å². The number of nitro groups is 1. The molecule has 1 aromatic rings. The highest BCUT2D eigenvalue weighted by molar-refractivity contribution is 8.00. The minimum atomic E-state index is -6.53. The first-order valence-corrected chi connectivity index (χ1v) is 7.04. The van der Waals surface area contributed by atoms with E-state index in [2.05, 4.69) is 4.74 Å². The van der Waals surface area contributed by atoms with Gasteiger partial charge in [-0.1, -0.05) is 0 Å². The average molecular weight is 411 g/mol. The molecule has 0 aromatic heterocycles. The van der Waals surface area contributed by atoms with Gasteiger partial charge in [0.2, 0.25) is 0 Å². The van der Waals surface area contributed by atoms with Gasteiger partial charge in [0.05, 0.1) is 12.0 Å². The molecular formula is C12H8F7NO5S. The predicted molar refractivity (Wildman–Crippen MR) is 72.4 cm³/mol. The normalized spacial score (nSPS) is 12.6. The third-order valence-electron chi connectivity index (χ3n) is 2.67. The van der Waals surface area contributed by atoms with Crippen LogP contribution in [-0.2, 0) is 9.53 Å². The molecular weight excluding hydrogens is 403 g/mol. The van der Waals surface area contributed by atoms with Gasteiger partial charge in [0, 0.05) is 11.0 Å². The molecule has 0 unspecified atom stereocenters. The molecule has 0 saturated carbocycles. The van der Waals surface area contributed by atoms with Gasteiger partial charge in [0.1, 0.15) is 0 Å². The van der Waals surface area contributed by atoms with E-state index >= 15 is 0 Å². The highest BCUT2D eigenvalue weighted by Gasteiger charge is 2.73. The van der Waals surface area contributed by atoms with E-state index in [9.17, 15) is 45.6 Å².